The Labute approximate surface area is 67.5 Å². The van der Waals surface area contributed by atoms with Gasteiger partial charge in [0.1, 0.15) is 0 Å². The number of hydrogen-bond acceptors (Lipinski definition) is 2. The van der Waals surface area contributed by atoms with Crippen molar-refractivity contribution < 1.29 is 0 Å². The lowest BCUT2D eigenvalue weighted by atomic mass is 10.4. The fourth-order valence-electron chi connectivity index (χ4n) is 1.18. The van der Waals surface area contributed by atoms with Crippen molar-refractivity contribution in [3.05, 3.63) is 12.3 Å². The smallest absolute Gasteiger partial charge is 0.0173 e. The predicted octanol–water partition coefficient (Wildman–Crippen LogP) is 1.96. The molecule has 1 nitrogen and oxygen atoms in total. The Morgan fingerprint density at radius 1 is 1.40 bits per heavy atom. The largest absolute Gasteiger partial charge is 0.378 e. The number of nitrogens with zero attached hydrogens (tertiary/aromatic N) is 1. The van der Waals surface area contributed by atoms with E-state index >= 15 is 0 Å². The molecule has 1 heterocycles. The molecule has 0 saturated carbocycles. The second-order valence-electron chi connectivity index (χ2n) is 2.58. The number of thioether (sulfide) groups is 1. The number of rotatable bonds is 3. The zero-order valence-corrected chi connectivity index (χ0v) is 7.36. The monoisotopic (exact) mass is 157 g/mol. The van der Waals surface area contributed by atoms with Crippen molar-refractivity contribution in [2.24, 2.45) is 0 Å². The van der Waals surface area contributed by atoms with Crippen LogP contribution in [0.25, 0.3) is 0 Å². The molecule has 10 heavy (non-hydrogen) atoms. The fourth-order valence-corrected chi connectivity index (χ4v) is 1.46. The molecule has 0 spiro atoms. The first-order valence-electron chi connectivity index (χ1n) is 3.83. The van der Waals surface area contributed by atoms with E-state index in [9.17, 15) is 0 Å². The highest BCUT2D eigenvalue weighted by atomic mass is 32.2. The maximum absolute atomic E-state index is 2.40. The number of hydrogen-bond donors (Lipinski definition) is 0. The van der Waals surface area contributed by atoms with Crippen LogP contribution >= 0.6 is 11.8 Å². The highest BCUT2D eigenvalue weighted by Gasteiger charge is 2.05. The van der Waals surface area contributed by atoms with E-state index in [1.165, 1.54) is 25.9 Å². The molecular formula is C8H15NS. The minimum absolute atomic E-state index is 1.15. The van der Waals surface area contributed by atoms with E-state index in [2.05, 4.69) is 23.4 Å². The van der Waals surface area contributed by atoms with Gasteiger partial charge in [-0.2, -0.15) is 11.8 Å². The number of likely N-dealkylation sites (tertiary alicyclic amines) is 1. The Kier molecular flexibility index (Phi) is 3.73. The van der Waals surface area contributed by atoms with Crippen LogP contribution in [0.5, 0.6) is 0 Å². The van der Waals surface area contributed by atoms with Crippen molar-refractivity contribution in [2.75, 3.05) is 25.1 Å². The molecule has 2 heteroatoms. The van der Waals surface area contributed by atoms with Crippen molar-refractivity contribution in [3.8, 4) is 0 Å². The summed E-state index contributed by atoms with van der Waals surface area (Å²) in [5.41, 5.74) is 0. The van der Waals surface area contributed by atoms with Gasteiger partial charge in [0, 0.05) is 18.8 Å². The minimum Gasteiger partial charge on any atom is -0.378 e. The molecule has 1 aliphatic heterocycles. The topological polar surface area (TPSA) is 3.24 Å². The molecule has 0 amide bonds. The van der Waals surface area contributed by atoms with Gasteiger partial charge in [0.05, 0.1) is 0 Å². The first kappa shape index (κ1) is 7.99. The molecule has 1 fully saturated rings. The van der Waals surface area contributed by atoms with Gasteiger partial charge in [0.2, 0.25) is 0 Å². The summed E-state index contributed by atoms with van der Waals surface area (Å²) < 4.78 is 0. The average Bonchev–Trinajstić information content (AvgIpc) is 2.41. The summed E-state index contributed by atoms with van der Waals surface area (Å²) >= 11 is 1.87. The molecule has 58 valence electrons. The van der Waals surface area contributed by atoms with E-state index in [4.69, 9.17) is 0 Å². The average molecular weight is 157 g/mol. The quantitative estimate of drug-likeness (QED) is 0.616. The summed E-state index contributed by atoms with van der Waals surface area (Å²) in [5, 5.41) is 0. The van der Waals surface area contributed by atoms with Crippen molar-refractivity contribution in [1.82, 2.24) is 4.90 Å². The van der Waals surface area contributed by atoms with Crippen LogP contribution in [0.1, 0.15) is 12.8 Å². The van der Waals surface area contributed by atoms with Crippen molar-refractivity contribution in [2.45, 2.75) is 12.8 Å². The van der Waals surface area contributed by atoms with Crippen LogP contribution in [-0.4, -0.2) is 30.0 Å². The molecule has 0 aromatic heterocycles. The third kappa shape index (κ3) is 2.65. The van der Waals surface area contributed by atoms with Crippen molar-refractivity contribution in [1.29, 1.82) is 0 Å². The van der Waals surface area contributed by atoms with Crippen molar-refractivity contribution in [3.63, 3.8) is 0 Å². The highest BCUT2D eigenvalue weighted by molar-refractivity contribution is 7.98. The predicted molar refractivity (Wildman–Crippen MR) is 48.3 cm³/mol. The van der Waals surface area contributed by atoms with E-state index in [1.54, 1.807) is 0 Å². The minimum atomic E-state index is 1.15. The Morgan fingerprint density at radius 3 is 2.70 bits per heavy atom. The van der Waals surface area contributed by atoms with Gasteiger partial charge in [-0.05, 0) is 25.3 Å². The first-order chi connectivity index (χ1) is 4.93. The van der Waals surface area contributed by atoms with Crippen molar-refractivity contribution >= 4 is 11.8 Å². The van der Waals surface area contributed by atoms with Crippen LogP contribution in [0.15, 0.2) is 12.3 Å². The Bertz CT molecular complexity index is 106. The molecule has 0 aromatic carbocycles. The van der Waals surface area contributed by atoms with Crippen LogP contribution in [0.4, 0.5) is 0 Å². The molecule has 0 bridgehead atoms. The molecule has 0 aromatic rings. The maximum Gasteiger partial charge on any atom is 0.0173 e. The molecule has 0 aliphatic carbocycles. The lowest BCUT2D eigenvalue weighted by Gasteiger charge is -2.09. The Balaban J connectivity index is 2.10. The van der Waals surface area contributed by atoms with Gasteiger partial charge in [-0.25, -0.2) is 0 Å². The maximum atomic E-state index is 2.40. The van der Waals surface area contributed by atoms with E-state index < -0.39 is 0 Å². The highest BCUT2D eigenvalue weighted by Crippen LogP contribution is 2.07. The van der Waals surface area contributed by atoms with Gasteiger partial charge in [-0.15, -0.1) is 0 Å². The second kappa shape index (κ2) is 4.67. The van der Waals surface area contributed by atoms with Crippen LogP contribution < -0.4 is 0 Å². The molecule has 0 N–H and O–H groups in total. The molecule has 1 aliphatic rings. The Morgan fingerprint density at radius 2 is 2.10 bits per heavy atom. The van der Waals surface area contributed by atoms with Crippen LogP contribution in [0.3, 0.4) is 0 Å². The molecule has 0 atom stereocenters. The Hall–Kier alpha value is -0.110. The molecular weight excluding hydrogens is 142 g/mol. The summed E-state index contributed by atoms with van der Waals surface area (Å²) in [6.45, 7) is 2.54. The molecule has 0 radical (unpaired) electrons. The standard InChI is InChI=1S/C8H15NS/c1-10-8-4-7-9-5-2-3-6-9/h4,7H,2-3,5-6,8H2,1H3. The lowest BCUT2D eigenvalue weighted by Crippen LogP contribution is -2.10. The summed E-state index contributed by atoms with van der Waals surface area (Å²) in [7, 11) is 0. The summed E-state index contributed by atoms with van der Waals surface area (Å²) in [4.78, 5) is 2.40. The van der Waals surface area contributed by atoms with Crippen LogP contribution in [0, 0.1) is 0 Å². The zero-order valence-electron chi connectivity index (χ0n) is 6.55. The van der Waals surface area contributed by atoms with E-state index in [1.807, 2.05) is 11.8 Å². The van der Waals surface area contributed by atoms with Gasteiger partial charge >= 0.3 is 0 Å². The van der Waals surface area contributed by atoms with Gasteiger partial charge in [0.15, 0.2) is 0 Å². The lowest BCUT2D eigenvalue weighted by molar-refractivity contribution is 0.467. The summed E-state index contributed by atoms with van der Waals surface area (Å²) in [5.74, 6) is 1.15. The third-order valence-electron chi connectivity index (χ3n) is 1.72. The van der Waals surface area contributed by atoms with Crippen LogP contribution in [-0.2, 0) is 0 Å². The van der Waals surface area contributed by atoms with Gasteiger partial charge < -0.3 is 4.90 Å². The van der Waals surface area contributed by atoms with Gasteiger partial charge in [0.25, 0.3) is 0 Å². The molecule has 1 rings (SSSR count). The van der Waals surface area contributed by atoms with Crippen LogP contribution in [0.2, 0.25) is 0 Å². The second-order valence-corrected chi connectivity index (χ2v) is 3.49. The third-order valence-corrected chi connectivity index (χ3v) is 2.25. The fraction of sp³-hybridized carbons (Fsp3) is 0.750. The van der Waals surface area contributed by atoms with E-state index in [-0.39, 0.29) is 0 Å². The van der Waals surface area contributed by atoms with Gasteiger partial charge in [-0.1, -0.05) is 6.08 Å². The van der Waals surface area contributed by atoms with E-state index in [0.717, 1.165) is 5.75 Å². The van der Waals surface area contributed by atoms with E-state index in [0.29, 0.717) is 0 Å². The summed E-state index contributed by atoms with van der Waals surface area (Å²) in [6, 6.07) is 0. The summed E-state index contributed by atoms with van der Waals surface area (Å²) in [6.07, 6.45) is 9.38. The first-order valence-corrected chi connectivity index (χ1v) is 5.22. The zero-order chi connectivity index (χ0) is 7.23. The molecule has 0 unspecified atom stereocenters. The SMILES string of the molecule is CSCC=CN1CCCC1. The van der Waals surface area contributed by atoms with Gasteiger partial charge in [-0.3, -0.25) is 0 Å². The molecule has 1 saturated heterocycles. The normalized spacial score (nSPS) is 19.1.